The third-order valence-corrected chi connectivity index (χ3v) is 5.01. The molecule has 0 saturated heterocycles. The molecular formula is C17H15F3O5S. The average Bonchev–Trinajstić information content (AvgIpc) is 2.59. The minimum Gasteiger partial charge on any atom is -0.486 e. The Hall–Kier alpha value is -2.26. The van der Waals surface area contributed by atoms with Gasteiger partial charge in [0.05, 0.1) is 4.90 Å². The molecule has 0 fully saturated rings. The summed E-state index contributed by atoms with van der Waals surface area (Å²) in [6.45, 7) is 1.21. The summed E-state index contributed by atoms with van der Waals surface area (Å²) in [5, 5.41) is 0. The highest BCUT2D eigenvalue weighted by Crippen LogP contribution is 2.43. The van der Waals surface area contributed by atoms with Gasteiger partial charge in [0.15, 0.2) is 17.6 Å². The van der Waals surface area contributed by atoms with Crippen molar-refractivity contribution in [2.75, 3.05) is 13.2 Å². The molecule has 0 amide bonds. The number of halogens is 3. The maximum atomic E-state index is 13.1. The zero-order valence-corrected chi connectivity index (χ0v) is 14.4. The zero-order valence-electron chi connectivity index (χ0n) is 13.6. The number of hydrogen-bond donors (Lipinski definition) is 0. The predicted molar refractivity (Wildman–Crippen MR) is 85.7 cm³/mol. The van der Waals surface area contributed by atoms with Crippen LogP contribution in [0.3, 0.4) is 0 Å². The van der Waals surface area contributed by atoms with E-state index in [-0.39, 0.29) is 17.3 Å². The van der Waals surface area contributed by atoms with E-state index in [2.05, 4.69) is 0 Å². The second-order valence-corrected chi connectivity index (χ2v) is 7.35. The minimum absolute atomic E-state index is 0.0440. The second-order valence-electron chi connectivity index (χ2n) is 5.73. The van der Waals surface area contributed by atoms with E-state index in [9.17, 15) is 21.6 Å². The smallest absolute Gasteiger partial charge is 0.420 e. The van der Waals surface area contributed by atoms with Crippen molar-refractivity contribution in [2.45, 2.75) is 24.1 Å². The van der Waals surface area contributed by atoms with Gasteiger partial charge < -0.3 is 9.47 Å². The van der Waals surface area contributed by atoms with Crippen molar-refractivity contribution < 1.29 is 35.2 Å². The van der Waals surface area contributed by atoms with E-state index in [1.807, 2.05) is 0 Å². The van der Waals surface area contributed by atoms with E-state index in [0.29, 0.717) is 0 Å². The molecule has 1 atom stereocenters. The standard InChI is InChI=1S/C17H15F3O5S/c1-11-5-7-13(8-6-11)26(21,22)24-10-12-9-23-15-4-2-3-14(16(15)25-12)17(18,19)20/h2-8,12H,9-10H2,1H3. The maximum absolute atomic E-state index is 13.1. The molecule has 3 rings (SSSR count). The summed E-state index contributed by atoms with van der Waals surface area (Å²) in [6.07, 6.45) is -5.61. The molecule has 1 unspecified atom stereocenters. The third kappa shape index (κ3) is 3.94. The van der Waals surface area contributed by atoms with Crippen LogP contribution in [-0.4, -0.2) is 27.7 Å². The fourth-order valence-electron chi connectivity index (χ4n) is 2.38. The average molecular weight is 388 g/mol. The lowest BCUT2D eigenvalue weighted by Gasteiger charge is -2.28. The van der Waals surface area contributed by atoms with Crippen LogP contribution < -0.4 is 9.47 Å². The van der Waals surface area contributed by atoms with Crippen LogP contribution in [0.15, 0.2) is 47.4 Å². The van der Waals surface area contributed by atoms with Gasteiger partial charge in [-0.3, -0.25) is 4.18 Å². The number of alkyl halides is 3. The molecule has 26 heavy (non-hydrogen) atoms. The molecule has 0 radical (unpaired) electrons. The van der Waals surface area contributed by atoms with Gasteiger partial charge in [0.25, 0.3) is 10.1 Å². The number of ether oxygens (including phenoxy) is 2. The number of hydrogen-bond acceptors (Lipinski definition) is 5. The van der Waals surface area contributed by atoms with Crippen LogP contribution >= 0.6 is 0 Å². The summed E-state index contributed by atoms with van der Waals surface area (Å²) in [6, 6.07) is 9.44. The summed E-state index contributed by atoms with van der Waals surface area (Å²) in [4.78, 5) is -0.0452. The maximum Gasteiger partial charge on any atom is 0.420 e. The SMILES string of the molecule is Cc1ccc(S(=O)(=O)OCC2COc3cccc(C(F)(F)F)c3O2)cc1. The van der Waals surface area contributed by atoms with Gasteiger partial charge in [0.2, 0.25) is 0 Å². The fraction of sp³-hybridized carbons (Fsp3) is 0.294. The van der Waals surface area contributed by atoms with E-state index >= 15 is 0 Å². The molecule has 1 heterocycles. The number of para-hydroxylation sites is 1. The predicted octanol–water partition coefficient (Wildman–Crippen LogP) is 3.56. The highest BCUT2D eigenvalue weighted by atomic mass is 32.2. The van der Waals surface area contributed by atoms with Gasteiger partial charge in [-0.05, 0) is 31.2 Å². The molecule has 2 aromatic rings. The number of aryl methyl sites for hydroxylation is 1. The van der Waals surface area contributed by atoms with Crippen LogP contribution in [0.2, 0.25) is 0 Å². The Morgan fingerprint density at radius 3 is 2.50 bits per heavy atom. The molecule has 0 aromatic heterocycles. The van der Waals surface area contributed by atoms with Crippen molar-refractivity contribution in [3.63, 3.8) is 0 Å². The summed E-state index contributed by atoms with van der Waals surface area (Å²) in [5.41, 5.74) is -0.106. The van der Waals surface area contributed by atoms with Gasteiger partial charge in [0.1, 0.15) is 18.8 Å². The van der Waals surface area contributed by atoms with Crippen LogP contribution in [0.1, 0.15) is 11.1 Å². The largest absolute Gasteiger partial charge is 0.486 e. The lowest BCUT2D eigenvalue weighted by Crippen LogP contribution is -2.35. The molecule has 1 aliphatic heterocycles. The van der Waals surface area contributed by atoms with Gasteiger partial charge >= 0.3 is 6.18 Å². The Labute approximate surface area is 148 Å². The highest BCUT2D eigenvalue weighted by molar-refractivity contribution is 7.86. The van der Waals surface area contributed by atoms with Crippen molar-refractivity contribution in [1.29, 1.82) is 0 Å². The van der Waals surface area contributed by atoms with E-state index in [0.717, 1.165) is 11.6 Å². The quantitative estimate of drug-likeness (QED) is 0.750. The van der Waals surface area contributed by atoms with Gasteiger partial charge in [-0.25, -0.2) is 0 Å². The zero-order chi connectivity index (χ0) is 18.9. The van der Waals surface area contributed by atoms with Gasteiger partial charge in [-0.1, -0.05) is 23.8 Å². The van der Waals surface area contributed by atoms with Gasteiger partial charge in [-0.15, -0.1) is 0 Å². The summed E-state index contributed by atoms with van der Waals surface area (Å²) >= 11 is 0. The number of fused-ring (bicyclic) bond motifs is 1. The molecule has 0 saturated carbocycles. The van der Waals surface area contributed by atoms with Crippen LogP contribution in [0, 0.1) is 6.92 Å². The molecular weight excluding hydrogens is 373 g/mol. The molecule has 1 aliphatic rings. The first-order valence-electron chi connectivity index (χ1n) is 7.62. The molecule has 2 aromatic carbocycles. The van der Waals surface area contributed by atoms with Crippen molar-refractivity contribution in [1.82, 2.24) is 0 Å². The molecule has 0 aliphatic carbocycles. The van der Waals surface area contributed by atoms with E-state index < -0.39 is 40.3 Å². The number of rotatable bonds is 4. The van der Waals surface area contributed by atoms with Gasteiger partial charge in [-0.2, -0.15) is 21.6 Å². The first kappa shape index (κ1) is 18.5. The Bertz CT molecular complexity index is 892. The van der Waals surface area contributed by atoms with Crippen LogP contribution in [0.5, 0.6) is 11.5 Å². The summed E-state index contributed by atoms with van der Waals surface area (Å²) < 4.78 is 79.0. The molecule has 0 spiro atoms. The van der Waals surface area contributed by atoms with E-state index in [4.69, 9.17) is 13.7 Å². The summed E-state index contributed by atoms with van der Waals surface area (Å²) in [5.74, 6) is -0.509. The Balaban J connectivity index is 1.73. The molecule has 0 N–H and O–H groups in total. The molecule has 0 bridgehead atoms. The van der Waals surface area contributed by atoms with Crippen LogP contribution in [-0.2, 0) is 20.5 Å². The normalized spacial score (nSPS) is 17.2. The first-order chi connectivity index (χ1) is 12.2. The topological polar surface area (TPSA) is 61.8 Å². The highest BCUT2D eigenvalue weighted by Gasteiger charge is 2.38. The minimum atomic E-state index is -4.62. The van der Waals surface area contributed by atoms with Gasteiger partial charge in [0, 0.05) is 0 Å². The van der Waals surface area contributed by atoms with Crippen LogP contribution in [0.4, 0.5) is 13.2 Å². The number of benzene rings is 2. The fourth-order valence-corrected chi connectivity index (χ4v) is 3.31. The third-order valence-electron chi connectivity index (χ3n) is 3.71. The van der Waals surface area contributed by atoms with Crippen molar-refractivity contribution in [2.24, 2.45) is 0 Å². The second kappa shape index (κ2) is 6.81. The molecule has 140 valence electrons. The summed E-state index contributed by atoms with van der Waals surface area (Å²) in [7, 11) is -4.05. The van der Waals surface area contributed by atoms with Crippen molar-refractivity contribution in [3.05, 3.63) is 53.6 Å². The van der Waals surface area contributed by atoms with Crippen molar-refractivity contribution in [3.8, 4) is 11.5 Å². The van der Waals surface area contributed by atoms with E-state index in [1.165, 1.54) is 24.3 Å². The monoisotopic (exact) mass is 388 g/mol. The van der Waals surface area contributed by atoms with Crippen LogP contribution in [0.25, 0.3) is 0 Å². The lowest BCUT2D eigenvalue weighted by atomic mass is 10.1. The Morgan fingerprint density at radius 2 is 1.85 bits per heavy atom. The molecule has 9 heteroatoms. The Morgan fingerprint density at radius 1 is 1.15 bits per heavy atom. The van der Waals surface area contributed by atoms with Crippen molar-refractivity contribution >= 4 is 10.1 Å². The first-order valence-corrected chi connectivity index (χ1v) is 9.03. The van der Waals surface area contributed by atoms with E-state index in [1.54, 1.807) is 19.1 Å². The molecule has 5 nitrogen and oxygen atoms in total. The lowest BCUT2D eigenvalue weighted by molar-refractivity contribution is -0.140. The Kier molecular flexibility index (Phi) is 4.85.